The van der Waals surface area contributed by atoms with Crippen LogP contribution in [0.4, 0.5) is 0 Å². The number of imidazole rings is 2. The molecule has 8 aromatic carbocycles. The van der Waals surface area contributed by atoms with Crippen LogP contribution >= 0.6 is 0 Å². The molecule has 2 N–H and O–H groups in total. The molecule has 92 heavy (non-hydrogen) atoms. The molecular weight excluding hydrogens is 1180 g/mol. The summed E-state index contributed by atoms with van der Waals surface area (Å²) in [5.74, 6) is -3.79. The number of carboxylic acids is 2. The van der Waals surface area contributed by atoms with Gasteiger partial charge in [0.25, 0.3) is 0 Å². The number of aromatic nitrogens is 12. The number of nitrogens with zero attached hydrogens (tertiary/aromatic N) is 12. The number of rotatable bonds is 14. The van der Waals surface area contributed by atoms with Crippen LogP contribution in [0.2, 0.25) is 0 Å². The standard InChI is InChI=1S/2C35H29N7O3.2Na/c2*1-35(34(44)45)31-29(20-21-42(35)33(43)30(24-10-4-2-5-11-24)25-12-6-3-7-13-25)36-22-41(31)26-18-16-23(17-19-26)27-14-8-9-15-28(27)32-37-39-40-38-32;;/h2*2-19,22,30H,20-21H2,1H3,(H,44,45)(H,37,38,39,40);;/q;;2*+1/p-2. The van der Waals surface area contributed by atoms with Gasteiger partial charge in [-0.1, -0.05) is 194 Å². The number of fused-ring (bicyclic) bond motifs is 2. The van der Waals surface area contributed by atoms with Gasteiger partial charge in [-0.3, -0.25) is 9.59 Å². The first-order valence-corrected chi connectivity index (χ1v) is 29.2. The van der Waals surface area contributed by atoms with Crippen LogP contribution < -0.4 is 69.3 Å². The second kappa shape index (κ2) is 27.3. The van der Waals surface area contributed by atoms with Crippen LogP contribution in [0.1, 0.15) is 70.7 Å². The molecule has 4 aromatic heterocycles. The molecule has 2 amide bonds. The van der Waals surface area contributed by atoms with Gasteiger partial charge in [0, 0.05) is 48.4 Å². The third-order valence-corrected chi connectivity index (χ3v) is 17.1. The number of tetrazole rings is 2. The van der Waals surface area contributed by atoms with Crippen LogP contribution in [0.15, 0.2) is 231 Å². The molecule has 0 saturated carbocycles. The van der Waals surface area contributed by atoms with Crippen LogP contribution in [0.25, 0.3) is 56.4 Å². The SMILES string of the molecule is CC1(C(=O)[O-])c2c(ncn2-c2ccc(-c3ccccc3-c3nn[nH]n3)cc2)CCN1C(=O)C(c1ccccc1)c1ccccc1.CC1(C(=O)[O-])c2c(ncn2-c2ccc(-c3ccccc3-c3nn[nH]n3)cc2)CCN1C(=O)C(c1ccccc1)c1ccccc1.[Na+].[Na+]. The fourth-order valence-corrected chi connectivity index (χ4v) is 12.6. The minimum atomic E-state index is -1.78. The molecule has 444 valence electrons. The van der Waals surface area contributed by atoms with Crippen LogP contribution in [0, 0.1) is 0 Å². The molecule has 2 atom stereocenters. The predicted octanol–water partition coefficient (Wildman–Crippen LogP) is 1.81. The monoisotopic (exact) mass is 1230 g/mol. The van der Waals surface area contributed by atoms with Gasteiger partial charge in [-0.05, 0) is 93.0 Å². The molecule has 0 saturated heterocycles. The van der Waals surface area contributed by atoms with E-state index in [2.05, 4.69) is 51.2 Å². The van der Waals surface area contributed by atoms with Gasteiger partial charge in [-0.15, -0.1) is 20.4 Å². The molecule has 14 rings (SSSR count). The van der Waals surface area contributed by atoms with E-state index < -0.39 is 34.9 Å². The smallest absolute Gasteiger partial charge is 0.547 e. The molecule has 6 heterocycles. The van der Waals surface area contributed by atoms with Crippen molar-refractivity contribution in [1.82, 2.24) is 70.2 Å². The minimum absolute atomic E-state index is 0. The number of nitrogens with one attached hydrogen (secondary N) is 2. The quantitative estimate of drug-likeness (QED) is 0.147. The second-order valence-electron chi connectivity index (χ2n) is 22.2. The first kappa shape index (κ1) is 63.8. The summed E-state index contributed by atoms with van der Waals surface area (Å²) in [4.78, 5) is 67.4. The van der Waals surface area contributed by atoms with E-state index in [0.29, 0.717) is 58.6 Å². The number of hydrogen-bond acceptors (Lipinski definition) is 14. The van der Waals surface area contributed by atoms with Gasteiger partial charge in [-0.2, -0.15) is 10.4 Å². The number of aromatic amines is 2. The Bertz CT molecular complexity index is 4170. The Morgan fingerprint density at radius 3 is 1.02 bits per heavy atom. The summed E-state index contributed by atoms with van der Waals surface area (Å²) in [6, 6.07) is 68.6. The Labute approximate surface area is 573 Å². The van der Waals surface area contributed by atoms with Crippen molar-refractivity contribution in [2.75, 3.05) is 13.1 Å². The van der Waals surface area contributed by atoms with Gasteiger partial charge in [0.05, 0.1) is 59.2 Å². The van der Waals surface area contributed by atoms with Crippen LogP contribution in [-0.4, -0.2) is 107 Å². The molecule has 2 aliphatic rings. The Morgan fingerprint density at radius 1 is 0.424 bits per heavy atom. The number of carboxylic acid groups (broad SMARTS) is 2. The zero-order chi connectivity index (χ0) is 61.9. The van der Waals surface area contributed by atoms with Crippen molar-refractivity contribution < 1.29 is 88.5 Å². The van der Waals surface area contributed by atoms with Crippen molar-refractivity contribution in [1.29, 1.82) is 0 Å². The number of amides is 2. The number of hydrogen-bond donors (Lipinski definition) is 2. The zero-order valence-electron chi connectivity index (χ0n) is 50.7. The fraction of sp³-hybridized carbons (Fsp3) is 0.143. The molecule has 0 fully saturated rings. The maximum Gasteiger partial charge on any atom is 1.00 e. The van der Waals surface area contributed by atoms with E-state index in [1.54, 1.807) is 35.6 Å². The Hall–Kier alpha value is -9.80. The van der Waals surface area contributed by atoms with E-state index in [-0.39, 0.29) is 84.0 Å². The molecule has 0 bridgehead atoms. The minimum Gasteiger partial charge on any atom is -0.547 e. The molecule has 22 heteroatoms. The first-order chi connectivity index (χ1) is 43.9. The summed E-state index contributed by atoms with van der Waals surface area (Å²) in [6.07, 6.45) is 4.05. The van der Waals surface area contributed by atoms with Gasteiger partial charge in [0.1, 0.15) is 11.1 Å². The Morgan fingerprint density at radius 2 is 0.728 bits per heavy atom. The molecule has 0 spiro atoms. The average Bonchev–Trinajstić information content (AvgIpc) is 1.42. The van der Waals surface area contributed by atoms with E-state index in [0.717, 1.165) is 55.6 Å². The number of aliphatic carboxylic acids is 2. The zero-order valence-corrected chi connectivity index (χ0v) is 54.7. The van der Waals surface area contributed by atoms with E-state index in [9.17, 15) is 29.4 Å². The summed E-state index contributed by atoms with van der Waals surface area (Å²) in [6.45, 7) is 3.46. The van der Waals surface area contributed by atoms with Crippen molar-refractivity contribution in [2.24, 2.45) is 0 Å². The van der Waals surface area contributed by atoms with Crippen molar-refractivity contribution in [3.8, 4) is 56.4 Å². The first-order valence-electron chi connectivity index (χ1n) is 29.2. The molecule has 2 unspecified atom stereocenters. The van der Waals surface area contributed by atoms with Crippen molar-refractivity contribution in [2.45, 2.75) is 49.6 Å². The number of H-pyrrole nitrogens is 2. The predicted molar refractivity (Wildman–Crippen MR) is 329 cm³/mol. The molecule has 0 aliphatic carbocycles. The molecule has 12 aromatic rings. The van der Waals surface area contributed by atoms with Gasteiger partial charge < -0.3 is 38.7 Å². The molecule has 0 radical (unpaired) electrons. The molecular formula is C70H56N14Na2O6. The second-order valence-corrected chi connectivity index (χ2v) is 22.2. The van der Waals surface area contributed by atoms with Crippen molar-refractivity contribution >= 4 is 23.8 Å². The van der Waals surface area contributed by atoms with E-state index in [1.807, 2.05) is 218 Å². The topological polar surface area (TPSA) is 265 Å². The van der Waals surface area contributed by atoms with E-state index in [4.69, 9.17) is 0 Å². The van der Waals surface area contributed by atoms with Crippen molar-refractivity contribution in [3.63, 3.8) is 0 Å². The molecule has 2 aliphatic heterocycles. The third-order valence-electron chi connectivity index (χ3n) is 17.1. The maximum absolute atomic E-state index is 14.5. The van der Waals surface area contributed by atoms with E-state index >= 15 is 0 Å². The average molecular weight is 1240 g/mol. The molecule has 20 nitrogen and oxygen atoms in total. The fourth-order valence-electron chi connectivity index (χ4n) is 12.6. The Balaban J connectivity index is 0.000000184. The van der Waals surface area contributed by atoms with Crippen LogP contribution in [0.5, 0.6) is 0 Å². The van der Waals surface area contributed by atoms with Gasteiger partial charge in [0.15, 0.2) is 0 Å². The largest absolute Gasteiger partial charge is 1.00 e. The van der Waals surface area contributed by atoms with Crippen LogP contribution in [-0.2, 0) is 43.1 Å². The normalized spacial score (nSPS) is 15.7. The maximum atomic E-state index is 14.5. The van der Waals surface area contributed by atoms with E-state index in [1.165, 1.54) is 9.80 Å². The van der Waals surface area contributed by atoms with Gasteiger partial charge in [-0.25, -0.2) is 9.97 Å². The van der Waals surface area contributed by atoms with Gasteiger partial charge >= 0.3 is 59.1 Å². The van der Waals surface area contributed by atoms with Crippen molar-refractivity contribution in [3.05, 3.63) is 276 Å². The summed E-state index contributed by atoms with van der Waals surface area (Å²) >= 11 is 0. The summed E-state index contributed by atoms with van der Waals surface area (Å²) < 4.78 is 3.50. The summed E-state index contributed by atoms with van der Waals surface area (Å²) in [7, 11) is 0. The van der Waals surface area contributed by atoms with Crippen LogP contribution in [0.3, 0.4) is 0 Å². The third kappa shape index (κ3) is 11.8. The number of carbonyl (C=O) groups excluding carboxylic acids is 4. The summed E-state index contributed by atoms with van der Waals surface area (Å²) in [5.41, 5.74) is 8.33. The number of benzene rings is 8. The Kier molecular flexibility index (Phi) is 19.0. The van der Waals surface area contributed by atoms with Gasteiger partial charge in [0.2, 0.25) is 23.5 Å². The summed E-state index contributed by atoms with van der Waals surface area (Å²) in [5, 5.41) is 55.2. The number of carbonyl (C=O) groups is 4.